The van der Waals surface area contributed by atoms with E-state index in [-0.39, 0.29) is 0 Å². The van der Waals surface area contributed by atoms with Crippen LogP contribution in [0.25, 0.3) is 0 Å². The van der Waals surface area contributed by atoms with Gasteiger partial charge < -0.3 is 10.6 Å². The predicted octanol–water partition coefficient (Wildman–Crippen LogP) is 1.61. The molecular formula is C13H21N3. The minimum Gasteiger partial charge on any atom is -0.368 e. The largest absolute Gasteiger partial charge is 0.368 e. The molecule has 3 rings (SSSR count). The lowest BCUT2D eigenvalue weighted by Crippen LogP contribution is -2.47. The summed E-state index contributed by atoms with van der Waals surface area (Å²) >= 11 is 0. The van der Waals surface area contributed by atoms with Crippen LogP contribution in [0.5, 0.6) is 0 Å². The monoisotopic (exact) mass is 219 g/mol. The molecule has 0 aliphatic carbocycles. The Morgan fingerprint density at radius 2 is 2.12 bits per heavy atom. The van der Waals surface area contributed by atoms with Crippen LogP contribution in [0.1, 0.15) is 39.0 Å². The number of rotatable bonds is 2. The molecule has 0 spiro atoms. The maximum Gasteiger partial charge on any atom is 0.121 e. The fraction of sp³-hybridized carbons (Fsp3) is 0.769. The van der Waals surface area contributed by atoms with E-state index in [4.69, 9.17) is 0 Å². The van der Waals surface area contributed by atoms with Crippen molar-refractivity contribution >= 4 is 5.84 Å². The zero-order valence-corrected chi connectivity index (χ0v) is 10.00. The van der Waals surface area contributed by atoms with E-state index in [0.717, 1.165) is 30.9 Å². The van der Waals surface area contributed by atoms with Crippen LogP contribution in [0.4, 0.5) is 0 Å². The molecule has 2 fully saturated rings. The molecule has 0 saturated carbocycles. The van der Waals surface area contributed by atoms with E-state index in [9.17, 15) is 0 Å². The molecule has 0 aromatic carbocycles. The minimum absolute atomic E-state index is 0.643. The van der Waals surface area contributed by atoms with Gasteiger partial charge in [0.2, 0.25) is 0 Å². The van der Waals surface area contributed by atoms with Crippen LogP contribution >= 0.6 is 0 Å². The van der Waals surface area contributed by atoms with Crippen LogP contribution < -0.4 is 10.6 Å². The van der Waals surface area contributed by atoms with Gasteiger partial charge in [-0.2, -0.15) is 0 Å². The molecule has 2 unspecified atom stereocenters. The smallest absolute Gasteiger partial charge is 0.121 e. The van der Waals surface area contributed by atoms with E-state index in [1.165, 1.54) is 31.3 Å². The highest BCUT2D eigenvalue weighted by atomic mass is 15.1. The molecule has 2 bridgehead atoms. The molecule has 3 heteroatoms. The van der Waals surface area contributed by atoms with E-state index in [0.29, 0.717) is 6.04 Å². The third kappa shape index (κ3) is 2.01. The molecule has 2 atom stereocenters. The number of amidine groups is 1. The van der Waals surface area contributed by atoms with Gasteiger partial charge in [-0.15, -0.1) is 0 Å². The molecule has 0 radical (unpaired) electrons. The predicted molar refractivity (Wildman–Crippen MR) is 66.8 cm³/mol. The Kier molecular flexibility index (Phi) is 2.72. The van der Waals surface area contributed by atoms with Gasteiger partial charge in [0.05, 0.1) is 6.54 Å². The zero-order valence-electron chi connectivity index (χ0n) is 10.00. The molecule has 0 amide bonds. The lowest BCUT2D eigenvalue weighted by atomic mass is 10.00. The van der Waals surface area contributed by atoms with Crippen LogP contribution in [0, 0.1) is 0 Å². The van der Waals surface area contributed by atoms with Crippen molar-refractivity contribution in [2.75, 3.05) is 6.54 Å². The molecule has 16 heavy (non-hydrogen) atoms. The zero-order chi connectivity index (χ0) is 11.0. The number of piperidine rings is 1. The van der Waals surface area contributed by atoms with Crippen molar-refractivity contribution in [3.63, 3.8) is 0 Å². The normalized spacial score (nSPS) is 37.2. The Morgan fingerprint density at radius 3 is 2.75 bits per heavy atom. The Hall–Kier alpha value is -0.830. The topological polar surface area (TPSA) is 36.4 Å². The van der Waals surface area contributed by atoms with Crippen molar-refractivity contribution < 1.29 is 0 Å². The van der Waals surface area contributed by atoms with E-state index in [2.05, 4.69) is 28.6 Å². The molecule has 2 saturated heterocycles. The van der Waals surface area contributed by atoms with Gasteiger partial charge in [0.1, 0.15) is 5.84 Å². The molecule has 3 heterocycles. The molecule has 3 aliphatic heterocycles. The summed E-state index contributed by atoms with van der Waals surface area (Å²) in [6.07, 6.45) is 8.64. The average molecular weight is 219 g/mol. The first kappa shape index (κ1) is 10.3. The second-order valence-electron chi connectivity index (χ2n) is 5.31. The first-order chi connectivity index (χ1) is 7.83. The molecule has 2 N–H and O–H groups in total. The van der Waals surface area contributed by atoms with Gasteiger partial charge in [-0.05, 0) is 43.8 Å². The van der Waals surface area contributed by atoms with Crippen LogP contribution in [0.3, 0.4) is 0 Å². The minimum atomic E-state index is 0.643. The Balaban J connectivity index is 1.58. The summed E-state index contributed by atoms with van der Waals surface area (Å²) in [6, 6.07) is 2.16. The summed E-state index contributed by atoms with van der Waals surface area (Å²) in [7, 11) is 0. The van der Waals surface area contributed by atoms with Crippen LogP contribution in [0.15, 0.2) is 16.6 Å². The molecule has 88 valence electrons. The number of hydrogen-bond acceptors (Lipinski definition) is 3. The van der Waals surface area contributed by atoms with Gasteiger partial charge in [-0.3, -0.25) is 4.99 Å². The summed E-state index contributed by atoms with van der Waals surface area (Å²) in [5.41, 5.74) is 1.46. The second kappa shape index (κ2) is 4.21. The van der Waals surface area contributed by atoms with Gasteiger partial charge in [0.25, 0.3) is 0 Å². The fourth-order valence-corrected chi connectivity index (χ4v) is 3.16. The summed E-state index contributed by atoms with van der Waals surface area (Å²) < 4.78 is 0. The highest BCUT2D eigenvalue weighted by Crippen LogP contribution is 2.27. The van der Waals surface area contributed by atoms with Crippen molar-refractivity contribution in [1.82, 2.24) is 10.6 Å². The quantitative estimate of drug-likeness (QED) is 0.740. The van der Waals surface area contributed by atoms with E-state index in [1.54, 1.807) is 0 Å². The van der Waals surface area contributed by atoms with Crippen molar-refractivity contribution in [2.24, 2.45) is 4.99 Å². The third-order valence-electron chi connectivity index (χ3n) is 4.07. The number of fused-ring (bicyclic) bond motifs is 2. The third-order valence-corrected chi connectivity index (χ3v) is 4.07. The van der Waals surface area contributed by atoms with Crippen LogP contribution in [-0.4, -0.2) is 30.5 Å². The van der Waals surface area contributed by atoms with Gasteiger partial charge >= 0.3 is 0 Å². The first-order valence-electron chi connectivity index (χ1n) is 6.60. The van der Waals surface area contributed by atoms with Crippen LogP contribution in [-0.2, 0) is 0 Å². The lowest BCUT2D eigenvalue weighted by Gasteiger charge is -2.30. The number of hydrogen-bond donors (Lipinski definition) is 2. The Bertz CT molecular complexity index is 320. The number of aliphatic imine (C=N–C) groups is 1. The van der Waals surface area contributed by atoms with Crippen molar-refractivity contribution in [2.45, 2.75) is 57.2 Å². The number of nitrogens with zero attached hydrogens (tertiary/aromatic N) is 1. The van der Waals surface area contributed by atoms with Gasteiger partial charge in [0.15, 0.2) is 0 Å². The Labute approximate surface area is 97.4 Å². The average Bonchev–Trinajstić information content (AvgIpc) is 2.86. The van der Waals surface area contributed by atoms with Gasteiger partial charge in [0, 0.05) is 18.1 Å². The van der Waals surface area contributed by atoms with Crippen molar-refractivity contribution in [3.05, 3.63) is 11.6 Å². The first-order valence-corrected chi connectivity index (χ1v) is 6.60. The maximum atomic E-state index is 4.55. The van der Waals surface area contributed by atoms with Crippen molar-refractivity contribution in [1.29, 1.82) is 0 Å². The van der Waals surface area contributed by atoms with Gasteiger partial charge in [-0.1, -0.05) is 6.92 Å². The summed E-state index contributed by atoms with van der Waals surface area (Å²) in [4.78, 5) is 4.55. The lowest BCUT2D eigenvalue weighted by molar-refractivity contribution is 0.344. The molecular weight excluding hydrogens is 198 g/mol. The number of nitrogens with one attached hydrogen (secondary N) is 2. The van der Waals surface area contributed by atoms with E-state index in [1.807, 2.05) is 0 Å². The SMILES string of the molecule is CCC1=CC(NC2CC3CCC(C2)N3)=NC1. The van der Waals surface area contributed by atoms with Crippen molar-refractivity contribution in [3.8, 4) is 0 Å². The maximum absolute atomic E-state index is 4.55. The van der Waals surface area contributed by atoms with E-state index < -0.39 is 0 Å². The van der Waals surface area contributed by atoms with Crippen LogP contribution in [0.2, 0.25) is 0 Å². The second-order valence-corrected chi connectivity index (χ2v) is 5.31. The highest BCUT2D eigenvalue weighted by molar-refractivity contribution is 5.95. The van der Waals surface area contributed by atoms with Gasteiger partial charge in [-0.25, -0.2) is 0 Å². The molecule has 0 aromatic heterocycles. The summed E-state index contributed by atoms with van der Waals surface area (Å²) in [5, 5.41) is 7.29. The Morgan fingerprint density at radius 1 is 1.38 bits per heavy atom. The summed E-state index contributed by atoms with van der Waals surface area (Å²) in [6.45, 7) is 3.12. The molecule has 3 nitrogen and oxygen atoms in total. The molecule has 3 aliphatic rings. The molecule has 0 aromatic rings. The summed E-state index contributed by atoms with van der Waals surface area (Å²) in [5.74, 6) is 1.13. The standard InChI is InChI=1S/C13H21N3/c1-2-9-5-13(14-8-9)16-12-6-10-3-4-11(7-12)15-10/h5,10-12,15H,2-4,6-8H2,1H3,(H,14,16). The fourth-order valence-electron chi connectivity index (χ4n) is 3.16. The highest BCUT2D eigenvalue weighted by Gasteiger charge is 2.33. The van der Waals surface area contributed by atoms with E-state index >= 15 is 0 Å².